The molecular weight excluding hydrogens is 206 g/mol. The van der Waals surface area contributed by atoms with E-state index in [4.69, 9.17) is 10.5 Å². The summed E-state index contributed by atoms with van der Waals surface area (Å²) in [5, 5.41) is 0. The largest absolute Gasteiger partial charge is 0.481 e. The second-order valence-corrected chi connectivity index (χ2v) is 3.91. The lowest BCUT2D eigenvalue weighted by atomic mass is 10.2. The fourth-order valence-corrected chi connectivity index (χ4v) is 1.89. The summed E-state index contributed by atoms with van der Waals surface area (Å²) in [6.07, 6.45) is 2.10. The Kier molecular flexibility index (Phi) is 3.05. The summed E-state index contributed by atoms with van der Waals surface area (Å²) in [5.41, 5.74) is 6.64. The molecule has 0 aliphatic carbocycles. The number of amides is 1. The van der Waals surface area contributed by atoms with Crippen LogP contribution in [0.15, 0.2) is 18.3 Å². The van der Waals surface area contributed by atoms with E-state index < -0.39 is 0 Å². The van der Waals surface area contributed by atoms with Crippen molar-refractivity contribution in [1.82, 2.24) is 9.88 Å². The fraction of sp³-hybridized carbons (Fsp3) is 0.455. The summed E-state index contributed by atoms with van der Waals surface area (Å²) in [6.45, 7) is 1.13. The molecule has 0 aromatic carbocycles. The van der Waals surface area contributed by atoms with Crippen molar-refractivity contribution < 1.29 is 9.53 Å². The van der Waals surface area contributed by atoms with Crippen molar-refractivity contribution in [1.29, 1.82) is 0 Å². The van der Waals surface area contributed by atoms with E-state index >= 15 is 0 Å². The molecule has 16 heavy (non-hydrogen) atoms. The number of hydrogen-bond donors (Lipinski definition) is 1. The van der Waals surface area contributed by atoms with Gasteiger partial charge in [0.25, 0.3) is 0 Å². The van der Waals surface area contributed by atoms with Crippen LogP contribution in [0.3, 0.4) is 0 Å². The Morgan fingerprint density at radius 2 is 2.50 bits per heavy atom. The van der Waals surface area contributed by atoms with Gasteiger partial charge >= 0.3 is 0 Å². The predicted molar refractivity (Wildman–Crippen MR) is 58.8 cm³/mol. The number of rotatable bonds is 3. The van der Waals surface area contributed by atoms with Gasteiger partial charge in [-0.3, -0.25) is 4.79 Å². The SMILES string of the molecule is COc1ncccc1CN1CC(N)CC1=O. The zero-order valence-electron chi connectivity index (χ0n) is 9.22. The maximum atomic E-state index is 11.6. The van der Waals surface area contributed by atoms with Crippen LogP contribution in [0, 0.1) is 0 Å². The van der Waals surface area contributed by atoms with Gasteiger partial charge in [0.05, 0.1) is 13.7 Å². The molecule has 2 rings (SSSR count). The Bertz CT molecular complexity index is 395. The average molecular weight is 221 g/mol. The van der Waals surface area contributed by atoms with E-state index in [2.05, 4.69) is 4.98 Å². The molecule has 0 radical (unpaired) electrons. The maximum Gasteiger partial charge on any atom is 0.224 e. The van der Waals surface area contributed by atoms with Gasteiger partial charge in [-0.2, -0.15) is 0 Å². The molecule has 86 valence electrons. The molecule has 0 bridgehead atoms. The number of ether oxygens (including phenoxy) is 1. The molecule has 0 saturated carbocycles. The molecule has 1 aliphatic rings. The first kappa shape index (κ1) is 10.9. The van der Waals surface area contributed by atoms with Crippen molar-refractivity contribution >= 4 is 5.91 Å². The van der Waals surface area contributed by atoms with Gasteiger partial charge in [-0.25, -0.2) is 4.98 Å². The Balaban J connectivity index is 2.12. The zero-order chi connectivity index (χ0) is 11.5. The van der Waals surface area contributed by atoms with Crippen LogP contribution >= 0.6 is 0 Å². The predicted octanol–water partition coefficient (Wildman–Crippen LogP) is 0.150. The van der Waals surface area contributed by atoms with Crippen LogP contribution in [0.4, 0.5) is 0 Å². The van der Waals surface area contributed by atoms with Crippen LogP contribution in [-0.2, 0) is 11.3 Å². The summed E-state index contributed by atoms with van der Waals surface area (Å²) >= 11 is 0. The number of aromatic nitrogens is 1. The van der Waals surface area contributed by atoms with Crippen LogP contribution in [0.25, 0.3) is 0 Å². The molecule has 0 spiro atoms. The molecule has 2 heterocycles. The number of nitrogens with two attached hydrogens (primary N) is 1. The molecule has 5 heteroatoms. The lowest BCUT2D eigenvalue weighted by Gasteiger charge is -2.17. The lowest BCUT2D eigenvalue weighted by Crippen LogP contribution is -2.28. The first-order chi connectivity index (χ1) is 7.70. The summed E-state index contributed by atoms with van der Waals surface area (Å²) in [4.78, 5) is 17.4. The number of likely N-dealkylation sites (tertiary alicyclic amines) is 1. The Hall–Kier alpha value is -1.62. The normalized spacial score (nSPS) is 20.2. The molecule has 1 aliphatic heterocycles. The second kappa shape index (κ2) is 4.49. The summed E-state index contributed by atoms with van der Waals surface area (Å²) in [6, 6.07) is 3.69. The van der Waals surface area contributed by atoms with Gasteiger partial charge in [0.1, 0.15) is 0 Å². The Labute approximate surface area is 94.2 Å². The highest BCUT2D eigenvalue weighted by atomic mass is 16.5. The van der Waals surface area contributed by atoms with Crippen molar-refractivity contribution in [3.63, 3.8) is 0 Å². The maximum absolute atomic E-state index is 11.6. The van der Waals surface area contributed by atoms with Crippen LogP contribution < -0.4 is 10.5 Å². The topological polar surface area (TPSA) is 68.4 Å². The summed E-state index contributed by atoms with van der Waals surface area (Å²) in [7, 11) is 1.57. The van der Waals surface area contributed by atoms with E-state index in [0.717, 1.165) is 5.56 Å². The number of methoxy groups -OCH3 is 1. The van der Waals surface area contributed by atoms with Crippen LogP contribution in [0.1, 0.15) is 12.0 Å². The Morgan fingerprint density at radius 3 is 3.12 bits per heavy atom. The molecule has 1 fully saturated rings. The minimum absolute atomic E-state index is 0.0461. The minimum atomic E-state index is -0.0461. The lowest BCUT2D eigenvalue weighted by molar-refractivity contribution is -0.128. The molecule has 1 unspecified atom stereocenters. The van der Waals surface area contributed by atoms with E-state index in [0.29, 0.717) is 25.4 Å². The number of carbonyl (C=O) groups is 1. The molecule has 1 aromatic heterocycles. The monoisotopic (exact) mass is 221 g/mol. The highest BCUT2D eigenvalue weighted by Gasteiger charge is 2.27. The summed E-state index contributed by atoms with van der Waals surface area (Å²) < 4.78 is 5.14. The Morgan fingerprint density at radius 1 is 1.69 bits per heavy atom. The van der Waals surface area contributed by atoms with Gasteiger partial charge in [0, 0.05) is 30.8 Å². The molecule has 5 nitrogen and oxygen atoms in total. The third-order valence-electron chi connectivity index (χ3n) is 2.65. The number of pyridine rings is 1. The van der Waals surface area contributed by atoms with Gasteiger partial charge in [-0.1, -0.05) is 6.07 Å². The van der Waals surface area contributed by atoms with Crippen molar-refractivity contribution in [2.24, 2.45) is 5.73 Å². The van der Waals surface area contributed by atoms with Gasteiger partial charge in [-0.15, -0.1) is 0 Å². The first-order valence-corrected chi connectivity index (χ1v) is 5.22. The molecule has 1 atom stereocenters. The van der Waals surface area contributed by atoms with Gasteiger partial charge < -0.3 is 15.4 Å². The number of carbonyl (C=O) groups excluding carboxylic acids is 1. The van der Waals surface area contributed by atoms with Gasteiger partial charge in [0.15, 0.2) is 0 Å². The standard InChI is InChI=1S/C11H15N3O2/c1-16-11-8(3-2-4-13-11)6-14-7-9(12)5-10(14)15/h2-4,9H,5-7,12H2,1H3. The first-order valence-electron chi connectivity index (χ1n) is 5.22. The zero-order valence-corrected chi connectivity index (χ0v) is 9.22. The van der Waals surface area contributed by atoms with E-state index in [1.165, 1.54) is 0 Å². The van der Waals surface area contributed by atoms with Crippen molar-refractivity contribution in [3.05, 3.63) is 23.9 Å². The van der Waals surface area contributed by atoms with Crippen LogP contribution in [0.5, 0.6) is 5.88 Å². The molecule has 1 aromatic rings. The molecule has 2 N–H and O–H groups in total. The third-order valence-corrected chi connectivity index (χ3v) is 2.65. The smallest absolute Gasteiger partial charge is 0.224 e. The minimum Gasteiger partial charge on any atom is -0.481 e. The molecular formula is C11H15N3O2. The van der Waals surface area contributed by atoms with Crippen LogP contribution in [-0.4, -0.2) is 35.5 Å². The number of hydrogen-bond acceptors (Lipinski definition) is 4. The van der Waals surface area contributed by atoms with Crippen LogP contribution in [0.2, 0.25) is 0 Å². The van der Waals surface area contributed by atoms with E-state index in [1.807, 2.05) is 12.1 Å². The summed E-state index contributed by atoms with van der Waals surface area (Å²) in [5.74, 6) is 0.661. The van der Waals surface area contributed by atoms with Crippen molar-refractivity contribution in [2.75, 3.05) is 13.7 Å². The molecule has 1 amide bonds. The molecule has 1 saturated heterocycles. The van der Waals surface area contributed by atoms with E-state index in [-0.39, 0.29) is 11.9 Å². The number of nitrogens with zero attached hydrogens (tertiary/aromatic N) is 2. The average Bonchev–Trinajstić information content (AvgIpc) is 2.58. The fourth-order valence-electron chi connectivity index (χ4n) is 1.89. The highest BCUT2D eigenvalue weighted by molar-refractivity contribution is 5.79. The van der Waals surface area contributed by atoms with Gasteiger partial charge in [-0.05, 0) is 6.07 Å². The van der Waals surface area contributed by atoms with E-state index in [9.17, 15) is 4.79 Å². The van der Waals surface area contributed by atoms with Crippen molar-refractivity contribution in [3.8, 4) is 5.88 Å². The van der Waals surface area contributed by atoms with E-state index in [1.54, 1.807) is 18.2 Å². The second-order valence-electron chi connectivity index (χ2n) is 3.91. The quantitative estimate of drug-likeness (QED) is 0.789. The van der Waals surface area contributed by atoms with Gasteiger partial charge in [0.2, 0.25) is 11.8 Å². The third kappa shape index (κ3) is 2.14. The van der Waals surface area contributed by atoms with Crippen molar-refractivity contribution in [2.45, 2.75) is 19.0 Å². The highest BCUT2D eigenvalue weighted by Crippen LogP contribution is 2.19.